The van der Waals surface area contributed by atoms with E-state index in [0.29, 0.717) is 18.4 Å². The van der Waals surface area contributed by atoms with E-state index in [0.717, 1.165) is 0 Å². The molecule has 13 heavy (non-hydrogen) atoms. The summed E-state index contributed by atoms with van der Waals surface area (Å²) < 4.78 is 0. The van der Waals surface area contributed by atoms with E-state index in [4.69, 9.17) is 5.11 Å². The van der Waals surface area contributed by atoms with Crippen LogP contribution in [0.15, 0.2) is 24.3 Å². The fourth-order valence-corrected chi connectivity index (χ4v) is 2.18. The minimum atomic E-state index is 0.363. The van der Waals surface area contributed by atoms with Gasteiger partial charge in [0.25, 0.3) is 0 Å². The Balaban J connectivity index is 2.07. The average molecular weight is 176 g/mol. The molecule has 0 spiro atoms. The molecule has 70 valence electrons. The second-order valence-corrected chi connectivity index (χ2v) is 4.07. The fraction of sp³-hybridized carbons (Fsp3) is 0.500. The minimum absolute atomic E-state index is 0.363. The largest absolute Gasteiger partial charge is 0.396 e. The lowest BCUT2D eigenvalue weighted by Gasteiger charge is -2.35. The van der Waals surface area contributed by atoms with Gasteiger partial charge in [0.2, 0.25) is 0 Å². The number of aryl methyl sites for hydroxylation is 1. The molecular weight excluding hydrogens is 160 g/mol. The molecule has 1 heteroatoms. The highest BCUT2D eigenvalue weighted by molar-refractivity contribution is 5.30. The number of hydrogen-bond acceptors (Lipinski definition) is 1. The molecule has 0 aromatic heterocycles. The van der Waals surface area contributed by atoms with Gasteiger partial charge in [-0.15, -0.1) is 0 Å². The molecule has 2 rings (SSSR count). The Morgan fingerprint density at radius 1 is 1.31 bits per heavy atom. The molecule has 0 radical (unpaired) electrons. The third-order valence-corrected chi connectivity index (χ3v) is 3.12. The van der Waals surface area contributed by atoms with Gasteiger partial charge < -0.3 is 5.11 Å². The number of hydrogen-bond donors (Lipinski definition) is 1. The lowest BCUT2D eigenvalue weighted by atomic mass is 9.71. The highest BCUT2D eigenvalue weighted by Crippen LogP contribution is 2.42. The first-order valence-corrected chi connectivity index (χ1v) is 4.97. The smallest absolute Gasteiger partial charge is 0.0459 e. The van der Waals surface area contributed by atoms with Crippen molar-refractivity contribution < 1.29 is 5.11 Å². The summed E-state index contributed by atoms with van der Waals surface area (Å²) in [6.45, 7) is 2.53. The third kappa shape index (κ3) is 1.61. The fourth-order valence-electron chi connectivity index (χ4n) is 2.18. The zero-order chi connectivity index (χ0) is 9.26. The second-order valence-electron chi connectivity index (χ2n) is 4.07. The maximum Gasteiger partial charge on any atom is 0.0459 e. The van der Waals surface area contributed by atoms with Crippen molar-refractivity contribution in [3.8, 4) is 0 Å². The highest BCUT2D eigenvalue weighted by atomic mass is 16.3. The van der Waals surface area contributed by atoms with E-state index in [1.54, 1.807) is 0 Å². The standard InChI is InChI=1S/C12H16O/c1-9-4-2-3-5-12(9)11-6-10(7-11)8-13/h2-5,10-11,13H,6-8H2,1H3. The van der Waals surface area contributed by atoms with Gasteiger partial charge >= 0.3 is 0 Å². The summed E-state index contributed by atoms with van der Waals surface area (Å²) in [6.07, 6.45) is 2.34. The van der Waals surface area contributed by atoms with Gasteiger partial charge in [0, 0.05) is 6.61 Å². The van der Waals surface area contributed by atoms with Crippen LogP contribution in [0.3, 0.4) is 0 Å². The first-order valence-electron chi connectivity index (χ1n) is 4.97. The molecule has 1 aromatic carbocycles. The lowest BCUT2D eigenvalue weighted by Crippen LogP contribution is -2.25. The van der Waals surface area contributed by atoms with Crippen molar-refractivity contribution in [1.29, 1.82) is 0 Å². The van der Waals surface area contributed by atoms with Crippen molar-refractivity contribution in [2.75, 3.05) is 6.61 Å². The van der Waals surface area contributed by atoms with E-state index >= 15 is 0 Å². The quantitative estimate of drug-likeness (QED) is 0.734. The molecular formula is C12H16O. The van der Waals surface area contributed by atoms with Crippen molar-refractivity contribution in [3.05, 3.63) is 35.4 Å². The highest BCUT2D eigenvalue weighted by Gasteiger charge is 2.29. The van der Waals surface area contributed by atoms with E-state index in [1.165, 1.54) is 24.0 Å². The van der Waals surface area contributed by atoms with Gasteiger partial charge in [0.05, 0.1) is 0 Å². The summed E-state index contributed by atoms with van der Waals surface area (Å²) >= 11 is 0. The number of benzene rings is 1. The van der Waals surface area contributed by atoms with E-state index in [1.807, 2.05) is 0 Å². The zero-order valence-electron chi connectivity index (χ0n) is 8.03. The predicted octanol–water partition coefficient (Wildman–Crippen LogP) is 2.48. The Bertz CT molecular complexity index is 287. The van der Waals surface area contributed by atoms with Crippen molar-refractivity contribution in [1.82, 2.24) is 0 Å². The monoisotopic (exact) mass is 176 g/mol. The summed E-state index contributed by atoms with van der Waals surface area (Å²) in [6, 6.07) is 8.57. The molecule has 0 heterocycles. The zero-order valence-corrected chi connectivity index (χ0v) is 8.03. The van der Waals surface area contributed by atoms with Gasteiger partial charge in [-0.25, -0.2) is 0 Å². The van der Waals surface area contributed by atoms with E-state index in [2.05, 4.69) is 31.2 Å². The molecule has 1 aliphatic carbocycles. The van der Waals surface area contributed by atoms with Crippen molar-refractivity contribution in [3.63, 3.8) is 0 Å². The Labute approximate surface area is 79.4 Å². The van der Waals surface area contributed by atoms with Crippen LogP contribution < -0.4 is 0 Å². The molecule has 0 saturated heterocycles. The van der Waals surface area contributed by atoms with Gasteiger partial charge in [-0.1, -0.05) is 24.3 Å². The molecule has 1 N–H and O–H groups in total. The Morgan fingerprint density at radius 3 is 2.62 bits per heavy atom. The molecule has 0 amide bonds. The van der Waals surface area contributed by atoms with E-state index in [9.17, 15) is 0 Å². The number of rotatable bonds is 2. The summed E-state index contributed by atoms with van der Waals surface area (Å²) in [5, 5.41) is 8.92. The molecule has 1 nitrogen and oxygen atoms in total. The Hall–Kier alpha value is -0.820. The van der Waals surface area contributed by atoms with Gasteiger partial charge in [-0.2, -0.15) is 0 Å². The third-order valence-electron chi connectivity index (χ3n) is 3.12. The Kier molecular flexibility index (Phi) is 2.36. The summed E-state index contributed by atoms with van der Waals surface area (Å²) in [7, 11) is 0. The van der Waals surface area contributed by atoms with Gasteiger partial charge in [0.15, 0.2) is 0 Å². The molecule has 1 fully saturated rings. The van der Waals surface area contributed by atoms with Crippen LogP contribution in [0.1, 0.15) is 29.9 Å². The Morgan fingerprint density at radius 2 is 2.00 bits per heavy atom. The van der Waals surface area contributed by atoms with Gasteiger partial charge in [-0.3, -0.25) is 0 Å². The number of aliphatic hydroxyl groups is 1. The summed E-state index contributed by atoms with van der Waals surface area (Å²) in [5.74, 6) is 1.27. The first kappa shape index (κ1) is 8.76. The number of aliphatic hydroxyl groups excluding tert-OH is 1. The van der Waals surface area contributed by atoms with E-state index in [-0.39, 0.29) is 0 Å². The SMILES string of the molecule is Cc1ccccc1C1CC(CO)C1. The van der Waals surface area contributed by atoms with Crippen molar-refractivity contribution >= 4 is 0 Å². The summed E-state index contributed by atoms with van der Waals surface area (Å²) in [5.41, 5.74) is 2.87. The topological polar surface area (TPSA) is 20.2 Å². The maximum absolute atomic E-state index is 8.92. The molecule has 1 aromatic rings. The second kappa shape index (κ2) is 3.51. The summed E-state index contributed by atoms with van der Waals surface area (Å²) in [4.78, 5) is 0. The molecule has 0 unspecified atom stereocenters. The maximum atomic E-state index is 8.92. The van der Waals surface area contributed by atoms with Crippen LogP contribution in [0.2, 0.25) is 0 Å². The van der Waals surface area contributed by atoms with Crippen LogP contribution in [-0.4, -0.2) is 11.7 Å². The van der Waals surface area contributed by atoms with Crippen molar-refractivity contribution in [2.24, 2.45) is 5.92 Å². The molecule has 0 aliphatic heterocycles. The lowest BCUT2D eigenvalue weighted by molar-refractivity contribution is 0.142. The van der Waals surface area contributed by atoms with Crippen LogP contribution in [0, 0.1) is 12.8 Å². The molecule has 1 saturated carbocycles. The van der Waals surface area contributed by atoms with Crippen LogP contribution in [-0.2, 0) is 0 Å². The van der Waals surface area contributed by atoms with Crippen LogP contribution in [0.5, 0.6) is 0 Å². The first-order chi connectivity index (χ1) is 6.31. The van der Waals surface area contributed by atoms with Gasteiger partial charge in [0.1, 0.15) is 0 Å². The van der Waals surface area contributed by atoms with E-state index < -0.39 is 0 Å². The van der Waals surface area contributed by atoms with Gasteiger partial charge in [-0.05, 0) is 42.7 Å². The average Bonchev–Trinajstić information content (AvgIpc) is 2.06. The van der Waals surface area contributed by atoms with Crippen LogP contribution >= 0.6 is 0 Å². The molecule has 0 bridgehead atoms. The van der Waals surface area contributed by atoms with Crippen LogP contribution in [0.4, 0.5) is 0 Å². The molecule has 0 atom stereocenters. The normalized spacial score (nSPS) is 26.9. The van der Waals surface area contributed by atoms with Crippen LogP contribution in [0.25, 0.3) is 0 Å². The predicted molar refractivity (Wildman–Crippen MR) is 53.7 cm³/mol. The minimum Gasteiger partial charge on any atom is -0.396 e. The van der Waals surface area contributed by atoms with Crippen molar-refractivity contribution in [2.45, 2.75) is 25.7 Å². The molecule has 1 aliphatic rings.